The topological polar surface area (TPSA) is 85.5 Å². The molecule has 1 fully saturated rings. The number of esters is 1. The molecule has 0 unspecified atom stereocenters. The number of ether oxygens (including phenoxy) is 1. The zero-order valence-electron chi connectivity index (χ0n) is 13.2. The van der Waals surface area contributed by atoms with Crippen molar-refractivity contribution < 1.29 is 9.53 Å². The first-order valence-electron chi connectivity index (χ1n) is 7.97. The van der Waals surface area contributed by atoms with E-state index in [0.717, 1.165) is 18.9 Å². The third kappa shape index (κ3) is 3.39. The number of hydrogen-bond donors (Lipinski definition) is 0. The number of carbonyl (C=O) groups is 1. The number of anilines is 1. The maximum Gasteiger partial charge on any atom is 0.314 e. The van der Waals surface area contributed by atoms with Gasteiger partial charge in [0.1, 0.15) is 5.75 Å². The summed E-state index contributed by atoms with van der Waals surface area (Å²) < 4.78 is 6.83. The molecule has 0 atom stereocenters. The molecule has 1 aliphatic heterocycles. The third-order valence-electron chi connectivity index (χ3n) is 4.24. The number of tetrazole rings is 1. The van der Waals surface area contributed by atoms with Crippen LogP contribution in [0, 0.1) is 5.92 Å². The van der Waals surface area contributed by atoms with Crippen molar-refractivity contribution in [3.63, 3.8) is 0 Å². The third-order valence-corrected chi connectivity index (χ3v) is 4.49. The quantitative estimate of drug-likeness (QED) is 0.522. The fraction of sp³-hybridized carbons (Fsp3) is 0.312. The highest BCUT2D eigenvalue weighted by atomic mass is 35.5. The summed E-state index contributed by atoms with van der Waals surface area (Å²) in [5, 5.41) is 16.2. The molecule has 0 bridgehead atoms. The summed E-state index contributed by atoms with van der Waals surface area (Å²) >= 11 is 5.83. The van der Waals surface area contributed by atoms with E-state index in [9.17, 15) is 4.79 Å². The summed E-state index contributed by atoms with van der Waals surface area (Å²) in [4.78, 5) is 14.4. The van der Waals surface area contributed by atoms with Crippen molar-refractivity contribution in [1.29, 1.82) is 0 Å². The fourth-order valence-electron chi connectivity index (χ4n) is 2.86. The van der Waals surface area contributed by atoms with Crippen molar-refractivity contribution >= 4 is 29.0 Å². The Morgan fingerprint density at radius 1 is 1.12 bits per heavy atom. The van der Waals surface area contributed by atoms with Crippen LogP contribution in [0.15, 0.2) is 36.4 Å². The Kier molecular flexibility index (Phi) is 4.19. The van der Waals surface area contributed by atoms with Crippen LogP contribution in [0.5, 0.6) is 5.75 Å². The minimum Gasteiger partial charge on any atom is -0.426 e. The lowest BCUT2D eigenvalue weighted by atomic mass is 9.97. The predicted octanol–water partition coefficient (Wildman–Crippen LogP) is 1.99. The highest BCUT2D eigenvalue weighted by Crippen LogP contribution is 2.24. The monoisotopic (exact) mass is 358 g/mol. The Hall–Kier alpha value is -2.74. The molecule has 128 valence electrons. The molecule has 0 spiro atoms. The summed E-state index contributed by atoms with van der Waals surface area (Å²) in [6.07, 6.45) is 1.42. The van der Waals surface area contributed by atoms with Crippen LogP contribution in [0.2, 0.25) is 5.02 Å². The van der Waals surface area contributed by atoms with E-state index in [4.69, 9.17) is 16.3 Å². The fourth-order valence-corrected chi connectivity index (χ4v) is 2.98. The maximum atomic E-state index is 12.3. The number of piperidine rings is 1. The van der Waals surface area contributed by atoms with Gasteiger partial charge < -0.3 is 9.64 Å². The Morgan fingerprint density at radius 3 is 2.64 bits per heavy atom. The zero-order chi connectivity index (χ0) is 17.2. The number of rotatable bonds is 3. The van der Waals surface area contributed by atoms with Crippen LogP contribution in [0.1, 0.15) is 12.8 Å². The predicted molar refractivity (Wildman–Crippen MR) is 90.6 cm³/mol. The van der Waals surface area contributed by atoms with Crippen LogP contribution in [0.25, 0.3) is 5.65 Å². The lowest BCUT2D eigenvalue weighted by Gasteiger charge is -2.31. The molecule has 3 aromatic rings. The van der Waals surface area contributed by atoms with Crippen molar-refractivity contribution in [3.8, 4) is 5.75 Å². The highest BCUT2D eigenvalue weighted by Gasteiger charge is 2.27. The number of benzene rings is 1. The van der Waals surface area contributed by atoms with Crippen molar-refractivity contribution in [1.82, 2.24) is 25.3 Å². The lowest BCUT2D eigenvalue weighted by molar-refractivity contribution is -0.139. The summed E-state index contributed by atoms with van der Waals surface area (Å²) in [6.45, 7) is 1.45. The maximum absolute atomic E-state index is 12.3. The van der Waals surface area contributed by atoms with Crippen LogP contribution >= 0.6 is 11.6 Å². The molecule has 0 aliphatic carbocycles. The van der Waals surface area contributed by atoms with Crippen LogP contribution in [0.4, 0.5) is 5.82 Å². The molecular weight excluding hydrogens is 344 g/mol. The van der Waals surface area contributed by atoms with Gasteiger partial charge in [0.15, 0.2) is 11.5 Å². The van der Waals surface area contributed by atoms with Crippen LogP contribution in [0.3, 0.4) is 0 Å². The molecule has 1 saturated heterocycles. The summed E-state index contributed by atoms with van der Waals surface area (Å²) in [5.41, 5.74) is 0.602. The van der Waals surface area contributed by atoms with Gasteiger partial charge in [0.25, 0.3) is 0 Å². The van der Waals surface area contributed by atoms with Gasteiger partial charge in [-0.05, 0) is 59.7 Å². The minimum absolute atomic E-state index is 0.122. The van der Waals surface area contributed by atoms with Gasteiger partial charge in [-0.3, -0.25) is 4.79 Å². The molecule has 0 N–H and O–H groups in total. The van der Waals surface area contributed by atoms with Crippen LogP contribution in [-0.2, 0) is 4.79 Å². The number of aromatic nitrogens is 5. The van der Waals surface area contributed by atoms with Crippen molar-refractivity contribution in [2.75, 3.05) is 18.0 Å². The summed E-state index contributed by atoms with van der Waals surface area (Å²) in [6, 6.07) is 10.5. The molecule has 0 saturated carbocycles. The Balaban J connectivity index is 1.37. The smallest absolute Gasteiger partial charge is 0.314 e. The standard InChI is InChI=1S/C16H15ClN6O2/c17-12-1-3-13(4-2-12)25-16(24)11-7-9-22(10-8-11)15-6-5-14-18-20-21-23(14)19-15/h1-6,11H,7-10H2. The van der Waals surface area contributed by atoms with Gasteiger partial charge in [-0.2, -0.15) is 0 Å². The number of hydrogen-bond acceptors (Lipinski definition) is 7. The van der Waals surface area contributed by atoms with E-state index in [0.29, 0.717) is 29.3 Å². The Labute approximate surface area is 148 Å². The first kappa shape index (κ1) is 15.8. The second-order valence-corrected chi connectivity index (χ2v) is 6.29. The first-order chi connectivity index (χ1) is 12.2. The van der Waals surface area contributed by atoms with Crippen molar-refractivity contribution in [2.45, 2.75) is 12.8 Å². The average Bonchev–Trinajstić information content (AvgIpc) is 3.11. The molecule has 9 heteroatoms. The molecule has 0 radical (unpaired) electrons. The largest absolute Gasteiger partial charge is 0.426 e. The second-order valence-electron chi connectivity index (χ2n) is 5.85. The molecule has 1 aliphatic rings. The normalized spacial score (nSPS) is 15.5. The lowest BCUT2D eigenvalue weighted by Crippen LogP contribution is -2.38. The van der Waals surface area contributed by atoms with Crippen LogP contribution < -0.4 is 9.64 Å². The van der Waals surface area contributed by atoms with E-state index >= 15 is 0 Å². The molecule has 2 aromatic heterocycles. The molecule has 4 rings (SSSR count). The molecule has 0 amide bonds. The van der Waals surface area contributed by atoms with E-state index in [1.54, 1.807) is 24.3 Å². The number of nitrogens with zero attached hydrogens (tertiary/aromatic N) is 6. The van der Waals surface area contributed by atoms with Crippen molar-refractivity contribution in [3.05, 3.63) is 41.4 Å². The van der Waals surface area contributed by atoms with E-state index in [1.807, 2.05) is 12.1 Å². The minimum atomic E-state index is -0.203. The van der Waals surface area contributed by atoms with E-state index in [2.05, 4.69) is 25.5 Å². The summed E-state index contributed by atoms with van der Waals surface area (Å²) in [7, 11) is 0. The molecule has 8 nitrogen and oxygen atoms in total. The molecule has 1 aromatic carbocycles. The van der Waals surface area contributed by atoms with Gasteiger partial charge in [0, 0.05) is 18.1 Å². The van der Waals surface area contributed by atoms with Crippen LogP contribution in [-0.4, -0.2) is 44.3 Å². The van der Waals surface area contributed by atoms with Crippen molar-refractivity contribution in [2.24, 2.45) is 5.92 Å². The Morgan fingerprint density at radius 2 is 1.88 bits per heavy atom. The number of fused-ring (bicyclic) bond motifs is 1. The van der Waals surface area contributed by atoms with Gasteiger partial charge in [-0.15, -0.1) is 14.8 Å². The molecule has 25 heavy (non-hydrogen) atoms. The number of carbonyl (C=O) groups excluding carboxylic acids is 1. The molecule has 3 heterocycles. The number of halogens is 1. The highest BCUT2D eigenvalue weighted by molar-refractivity contribution is 6.30. The van der Waals surface area contributed by atoms with Gasteiger partial charge in [0.05, 0.1) is 5.92 Å². The average molecular weight is 359 g/mol. The molecular formula is C16H15ClN6O2. The van der Waals surface area contributed by atoms with E-state index < -0.39 is 0 Å². The van der Waals surface area contributed by atoms with E-state index in [-0.39, 0.29) is 11.9 Å². The first-order valence-corrected chi connectivity index (χ1v) is 8.34. The SMILES string of the molecule is O=C(Oc1ccc(Cl)cc1)C1CCN(c2ccc3nnnn3n2)CC1. The second kappa shape index (κ2) is 6.64. The summed E-state index contributed by atoms with van der Waals surface area (Å²) in [5.74, 6) is 0.988. The zero-order valence-corrected chi connectivity index (χ0v) is 14.0. The van der Waals surface area contributed by atoms with E-state index in [1.165, 1.54) is 4.63 Å². The van der Waals surface area contributed by atoms with Gasteiger partial charge >= 0.3 is 5.97 Å². The Bertz CT molecular complexity index is 889. The van der Waals surface area contributed by atoms with Gasteiger partial charge in [0.2, 0.25) is 0 Å². The van der Waals surface area contributed by atoms with Gasteiger partial charge in [-0.25, -0.2) is 0 Å². The van der Waals surface area contributed by atoms with Gasteiger partial charge in [-0.1, -0.05) is 11.6 Å².